The predicted molar refractivity (Wildman–Crippen MR) is 78.1 cm³/mol. The van der Waals surface area contributed by atoms with Gasteiger partial charge in [0.15, 0.2) is 0 Å². The highest BCUT2D eigenvalue weighted by Gasteiger charge is 2.36. The summed E-state index contributed by atoms with van der Waals surface area (Å²) in [6, 6.07) is 8.78. The van der Waals surface area contributed by atoms with Crippen LogP contribution in [0.3, 0.4) is 0 Å². The van der Waals surface area contributed by atoms with Crippen molar-refractivity contribution in [1.29, 1.82) is 0 Å². The maximum Gasteiger partial charge on any atom is 0.0444 e. The largest absolute Gasteiger partial charge is 0.330 e. The zero-order valence-corrected chi connectivity index (χ0v) is 12.1. The summed E-state index contributed by atoms with van der Waals surface area (Å²) in [5.41, 5.74) is 7.39. The molecule has 0 atom stereocenters. The molecule has 0 spiro atoms. The fraction of sp³-hybridized carbons (Fsp3) is 0.600. The summed E-state index contributed by atoms with van der Waals surface area (Å²) >= 11 is 6.36. The van der Waals surface area contributed by atoms with Gasteiger partial charge in [-0.2, -0.15) is 0 Å². The summed E-state index contributed by atoms with van der Waals surface area (Å²) < 4.78 is 0. The molecule has 0 aliphatic carbocycles. The van der Waals surface area contributed by atoms with E-state index in [0.717, 1.165) is 31.0 Å². The van der Waals surface area contributed by atoms with Crippen molar-refractivity contribution in [3.63, 3.8) is 0 Å². The van der Waals surface area contributed by atoms with E-state index in [1.165, 1.54) is 5.56 Å². The van der Waals surface area contributed by atoms with Gasteiger partial charge in [0.05, 0.1) is 0 Å². The predicted octanol–water partition coefficient (Wildman–Crippen LogP) is 3.04. The van der Waals surface area contributed by atoms with E-state index in [2.05, 4.69) is 30.9 Å². The number of rotatable bonds is 3. The molecule has 0 bridgehead atoms. The molecule has 1 saturated heterocycles. The number of likely N-dealkylation sites (tertiary alicyclic amines) is 1. The lowest BCUT2D eigenvalue weighted by molar-refractivity contribution is 0.132. The van der Waals surface area contributed by atoms with Crippen LogP contribution in [0.1, 0.15) is 32.3 Å². The summed E-state index contributed by atoms with van der Waals surface area (Å²) in [7, 11) is 0. The van der Waals surface area contributed by atoms with Crippen molar-refractivity contribution in [3.8, 4) is 0 Å². The normalized spacial score (nSPS) is 20.3. The minimum Gasteiger partial charge on any atom is -0.330 e. The number of halogens is 1. The van der Waals surface area contributed by atoms with Gasteiger partial charge >= 0.3 is 0 Å². The fourth-order valence-electron chi connectivity index (χ4n) is 2.94. The van der Waals surface area contributed by atoms with Crippen LogP contribution in [0, 0.1) is 0 Å². The maximum atomic E-state index is 6.36. The van der Waals surface area contributed by atoms with Gasteiger partial charge in [0, 0.05) is 23.0 Å². The van der Waals surface area contributed by atoms with E-state index in [4.69, 9.17) is 17.3 Å². The maximum absolute atomic E-state index is 6.36. The van der Waals surface area contributed by atoms with Crippen molar-refractivity contribution >= 4 is 11.6 Å². The molecule has 1 aliphatic rings. The van der Waals surface area contributed by atoms with Crippen LogP contribution in [-0.2, 0) is 5.41 Å². The number of piperidine rings is 1. The van der Waals surface area contributed by atoms with Crippen LogP contribution in [0.4, 0.5) is 0 Å². The van der Waals surface area contributed by atoms with Crippen LogP contribution < -0.4 is 5.73 Å². The number of hydrogen-bond donors (Lipinski definition) is 1. The van der Waals surface area contributed by atoms with Gasteiger partial charge in [0.25, 0.3) is 0 Å². The molecule has 1 aromatic rings. The first-order valence-electron chi connectivity index (χ1n) is 6.78. The van der Waals surface area contributed by atoms with E-state index >= 15 is 0 Å². The Balaban J connectivity index is 2.22. The average molecular weight is 267 g/mol. The highest BCUT2D eigenvalue weighted by molar-refractivity contribution is 6.31. The number of nitrogens with zero attached hydrogens (tertiary/aromatic N) is 1. The molecule has 1 heterocycles. The van der Waals surface area contributed by atoms with Gasteiger partial charge in [-0.1, -0.05) is 29.8 Å². The summed E-state index contributed by atoms with van der Waals surface area (Å²) in [5.74, 6) is 0. The second kappa shape index (κ2) is 5.60. The molecule has 2 nitrogen and oxygen atoms in total. The Labute approximate surface area is 115 Å². The van der Waals surface area contributed by atoms with E-state index in [9.17, 15) is 0 Å². The molecule has 2 rings (SSSR count). The van der Waals surface area contributed by atoms with Crippen molar-refractivity contribution in [1.82, 2.24) is 4.90 Å². The minimum atomic E-state index is 0.0731. The van der Waals surface area contributed by atoms with Gasteiger partial charge in [-0.15, -0.1) is 0 Å². The molecule has 0 unspecified atom stereocenters. The summed E-state index contributed by atoms with van der Waals surface area (Å²) in [6.45, 7) is 7.42. The molecule has 2 N–H and O–H groups in total. The standard InChI is InChI=1S/C15H23ClN2/c1-12(2)18-9-7-15(11-17,8-10-18)13-5-3-4-6-14(13)16/h3-6,12H,7-11,17H2,1-2H3. The molecule has 1 fully saturated rings. The SMILES string of the molecule is CC(C)N1CCC(CN)(c2ccccc2Cl)CC1. The minimum absolute atomic E-state index is 0.0731. The first kappa shape index (κ1) is 13.9. The molecule has 0 aromatic heterocycles. The lowest BCUT2D eigenvalue weighted by atomic mass is 9.72. The molecular formula is C15H23ClN2. The number of nitrogens with two attached hydrogens (primary N) is 1. The molecule has 18 heavy (non-hydrogen) atoms. The van der Waals surface area contributed by atoms with Crippen molar-refractivity contribution in [2.24, 2.45) is 5.73 Å². The van der Waals surface area contributed by atoms with Crippen molar-refractivity contribution in [2.75, 3.05) is 19.6 Å². The van der Waals surface area contributed by atoms with Crippen LogP contribution in [0.5, 0.6) is 0 Å². The zero-order chi connectivity index (χ0) is 13.2. The van der Waals surface area contributed by atoms with Crippen LogP contribution >= 0.6 is 11.6 Å². The lowest BCUT2D eigenvalue weighted by Crippen LogP contribution is -2.48. The summed E-state index contributed by atoms with van der Waals surface area (Å²) in [5, 5.41) is 0.862. The average Bonchev–Trinajstić information content (AvgIpc) is 2.39. The molecule has 1 aliphatic heterocycles. The van der Waals surface area contributed by atoms with Crippen molar-refractivity contribution in [2.45, 2.75) is 38.1 Å². The Kier molecular flexibility index (Phi) is 4.31. The first-order valence-corrected chi connectivity index (χ1v) is 7.16. The topological polar surface area (TPSA) is 29.3 Å². The second-order valence-electron chi connectivity index (χ2n) is 5.59. The molecule has 3 heteroatoms. The van der Waals surface area contributed by atoms with E-state index in [-0.39, 0.29) is 5.41 Å². The molecule has 1 aromatic carbocycles. The third-order valence-corrected chi connectivity index (χ3v) is 4.65. The Bertz CT molecular complexity index is 395. The first-order chi connectivity index (χ1) is 8.59. The quantitative estimate of drug-likeness (QED) is 0.911. The second-order valence-corrected chi connectivity index (χ2v) is 6.00. The van der Waals surface area contributed by atoms with Crippen molar-refractivity contribution in [3.05, 3.63) is 34.9 Å². The van der Waals surface area contributed by atoms with Crippen molar-refractivity contribution < 1.29 is 0 Å². The highest BCUT2D eigenvalue weighted by atomic mass is 35.5. The summed E-state index contributed by atoms with van der Waals surface area (Å²) in [6.07, 6.45) is 2.21. The highest BCUT2D eigenvalue weighted by Crippen LogP contribution is 2.38. The Hall–Kier alpha value is -0.570. The van der Waals surface area contributed by atoms with Gasteiger partial charge in [-0.05, 0) is 51.4 Å². The fourth-order valence-corrected chi connectivity index (χ4v) is 3.28. The molecule has 0 saturated carbocycles. The van der Waals surface area contributed by atoms with Gasteiger partial charge in [-0.25, -0.2) is 0 Å². The molecule has 0 radical (unpaired) electrons. The van der Waals surface area contributed by atoms with Gasteiger partial charge in [-0.3, -0.25) is 0 Å². The van der Waals surface area contributed by atoms with Gasteiger partial charge in [0.1, 0.15) is 0 Å². The number of benzene rings is 1. The third-order valence-electron chi connectivity index (χ3n) is 4.32. The van der Waals surface area contributed by atoms with Crippen LogP contribution in [0.2, 0.25) is 5.02 Å². The zero-order valence-electron chi connectivity index (χ0n) is 11.3. The number of hydrogen-bond acceptors (Lipinski definition) is 2. The van der Waals surface area contributed by atoms with E-state index in [0.29, 0.717) is 12.6 Å². The van der Waals surface area contributed by atoms with Crippen LogP contribution in [0.15, 0.2) is 24.3 Å². The van der Waals surface area contributed by atoms with Gasteiger partial charge < -0.3 is 10.6 Å². The molecule has 100 valence electrons. The smallest absolute Gasteiger partial charge is 0.0444 e. The summed E-state index contributed by atoms with van der Waals surface area (Å²) in [4.78, 5) is 2.52. The van der Waals surface area contributed by atoms with Crippen LogP contribution in [-0.4, -0.2) is 30.6 Å². The molecular weight excluding hydrogens is 244 g/mol. The van der Waals surface area contributed by atoms with E-state index in [1.54, 1.807) is 0 Å². The lowest BCUT2D eigenvalue weighted by Gasteiger charge is -2.43. The van der Waals surface area contributed by atoms with E-state index < -0.39 is 0 Å². The monoisotopic (exact) mass is 266 g/mol. The Morgan fingerprint density at radius 1 is 1.28 bits per heavy atom. The Morgan fingerprint density at radius 2 is 1.89 bits per heavy atom. The third kappa shape index (κ3) is 2.56. The molecule has 0 amide bonds. The Morgan fingerprint density at radius 3 is 2.39 bits per heavy atom. The van der Waals surface area contributed by atoms with Gasteiger partial charge in [0.2, 0.25) is 0 Å². The van der Waals surface area contributed by atoms with E-state index in [1.807, 2.05) is 12.1 Å². The van der Waals surface area contributed by atoms with Crippen LogP contribution in [0.25, 0.3) is 0 Å².